The molecule has 1 aromatic rings. The maximum Gasteiger partial charge on any atom is 0.290 e. The van der Waals surface area contributed by atoms with Crippen molar-refractivity contribution in [2.75, 3.05) is 0 Å². The van der Waals surface area contributed by atoms with Crippen LogP contribution in [0.25, 0.3) is 6.08 Å². The zero-order valence-electron chi connectivity index (χ0n) is 8.16. The van der Waals surface area contributed by atoms with Crippen molar-refractivity contribution in [3.05, 3.63) is 31.5 Å². The monoisotopic (exact) mass is 377 g/mol. The predicted octanol–water partition coefficient (Wildman–Crippen LogP) is 3.24. The number of rotatable bonds is 1. The lowest BCUT2D eigenvalue weighted by Gasteiger charge is -2.02. The Labute approximate surface area is 118 Å². The van der Waals surface area contributed by atoms with Crippen LogP contribution in [0, 0.1) is 0 Å². The van der Waals surface area contributed by atoms with Crippen molar-refractivity contribution in [3.8, 4) is 5.75 Å². The van der Waals surface area contributed by atoms with Crippen LogP contribution in [0.4, 0.5) is 4.79 Å². The number of phenols is 1. The van der Waals surface area contributed by atoms with Crippen LogP contribution in [0.2, 0.25) is 0 Å². The van der Waals surface area contributed by atoms with Crippen LogP contribution >= 0.6 is 43.6 Å². The first kappa shape index (κ1) is 12.7. The topological polar surface area (TPSA) is 66.4 Å². The fourth-order valence-corrected chi connectivity index (χ4v) is 3.14. The first-order chi connectivity index (χ1) is 7.97. The number of nitrogens with one attached hydrogen (secondary N) is 1. The number of carbonyl (C=O) groups is 2. The number of halogens is 2. The molecule has 7 heteroatoms. The van der Waals surface area contributed by atoms with Gasteiger partial charge in [-0.2, -0.15) is 0 Å². The average Bonchev–Trinajstić information content (AvgIpc) is 2.54. The van der Waals surface area contributed by atoms with Crippen LogP contribution in [0.3, 0.4) is 0 Å². The van der Waals surface area contributed by atoms with Crippen molar-refractivity contribution in [1.29, 1.82) is 0 Å². The van der Waals surface area contributed by atoms with Gasteiger partial charge in [-0.15, -0.1) is 0 Å². The molecule has 17 heavy (non-hydrogen) atoms. The van der Waals surface area contributed by atoms with E-state index in [1.807, 2.05) is 0 Å². The van der Waals surface area contributed by atoms with Crippen molar-refractivity contribution in [1.82, 2.24) is 5.32 Å². The minimum absolute atomic E-state index is 0.0896. The molecular weight excluding hydrogens is 374 g/mol. The summed E-state index contributed by atoms with van der Waals surface area (Å²) in [4.78, 5) is 22.6. The highest BCUT2D eigenvalue weighted by molar-refractivity contribution is 9.11. The Hall–Kier alpha value is -0.790. The summed E-state index contributed by atoms with van der Waals surface area (Å²) in [5.74, 6) is -0.313. The molecule has 88 valence electrons. The van der Waals surface area contributed by atoms with Crippen molar-refractivity contribution >= 4 is 60.8 Å². The Morgan fingerprint density at radius 1 is 1.24 bits per heavy atom. The highest BCUT2D eigenvalue weighted by atomic mass is 79.9. The maximum absolute atomic E-state index is 11.3. The highest BCUT2D eigenvalue weighted by Crippen LogP contribution is 2.35. The van der Waals surface area contributed by atoms with Gasteiger partial charge < -0.3 is 5.11 Å². The fourth-order valence-electron chi connectivity index (χ4n) is 1.24. The Morgan fingerprint density at radius 3 is 2.29 bits per heavy atom. The minimum atomic E-state index is -0.402. The van der Waals surface area contributed by atoms with E-state index in [9.17, 15) is 14.7 Å². The molecule has 1 fully saturated rings. The molecule has 0 atom stereocenters. The van der Waals surface area contributed by atoms with E-state index in [4.69, 9.17) is 0 Å². The Balaban J connectivity index is 2.40. The van der Waals surface area contributed by atoms with Crippen LogP contribution in [-0.2, 0) is 4.79 Å². The van der Waals surface area contributed by atoms with Crippen LogP contribution in [0.1, 0.15) is 5.56 Å². The number of hydrogen-bond acceptors (Lipinski definition) is 4. The molecule has 0 unspecified atom stereocenters. The van der Waals surface area contributed by atoms with Crippen molar-refractivity contribution in [3.63, 3.8) is 0 Å². The third kappa shape index (κ3) is 2.72. The molecule has 0 bridgehead atoms. The summed E-state index contributed by atoms with van der Waals surface area (Å²) in [6, 6.07) is 3.31. The van der Waals surface area contributed by atoms with Gasteiger partial charge in [0.2, 0.25) is 0 Å². The standard InChI is InChI=1S/C10H5Br2NO3S/c11-5-1-4(2-6(12)8(5)14)3-7-9(15)13-10(16)17-7/h1-3,14H,(H,13,15,16)/b7-3+. The van der Waals surface area contributed by atoms with Gasteiger partial charge in [0.05, 0.1) is 13.9 Å². The third-order valence-corrected chi connectivity index (χ3v) is 4.00. The van der Waals surface area contributed by atoms with Crippen molar-refractivity contribution in [2.45, 2.75) is 0 Å². The molecule has 0 spiro atoms. The van der Waals surface area contributed by atoms with E-state index in [0.717, 1.165) is 11.8 Å². The van der Waals surface area contributed by atoms with E-state index >= 15 is 0 Å². The highest BCUT2D eigenvalue weighted by Gasteiger charge is 2.25. The second kappa shape index (κ2) is 4.83. The SMILES string of the molecule is O=C1NC(=O)/C(=C\c2cc(Br)c(O)c(Br)c2)S1. The second-order valence-corrected chi connectivity index (χ2v) is 5.91. The van der Waals surface area contributed by atoms with Crippen LogP contribution in [-0.4, -0.2) is 16.3 Å². The average molecular weight is 379 g/mol. The van der Waals surface area contributed by atoms with Gasteiger partial charge in [0.25, 0.3) is 11.1 Å². The molecule has 0 radical (unpaired) electrons. The Morgan fingerprint density at radius 2 is 1.82 bits per heavy atom. The normalized spacial score (nSPS) is 17.6. The van der Waals surface area contributed by atoms with E-state index in [2.05, 4.69) is 37.2 Å². The van der Waals surface area contributed by atoms with Gasteiger partial charge in [0.15, 0.2) is 0 Å². The molecule has 4 nitrogen and oxygen atoms in total. The molecule has 2 N–H and O–H groups in total. The van der Waals surface area contributed by atoms with Crippen molar-refractivity contribution < 1.29 is 14.7 Å². The summed E-state index contributed by atoms with van der Waals surface area (Å²) in [6.45, 7) is 0. The summed E-state index contributed by atoms with van der Waals surface area (Å²) in [6.07, 6.45) is 1.58. The molecule has 2 amide bonds. The van der Waals surface area contributed by atoms with Gasteiger partial charge in [0, 0.05) is 0 Å². The summed E-state index contributed by atoms with van der Waals surface area (Å²) in [7, 11) is 0. The van der Waals surface area contributed by atoms with Gasteiger partial charge in [-0.25, -0.2) is 0 Å². The number of aromatic hydroxyl groups is 1. The largest absolute Gasteiger partial charge is 0.506 e. The smallest absolute Gasteiger partial charge is 0.290 e. The minimum Gasteiger partial charge on any atom is -0.506 e. The van der Waals surface area contributed by atoms with E-state index in [1.165, 1.54) is 0 Å². The van der Waals surface area contributed by atoms with E-state index in [1.54, 1.807) is 18.2 Å². The van der Waals surface area contributed by atoms with Gasteiger partial charge in [-0.1, -0.05) is 0 Å². The first-order valence-electron chi connectivity index (χ1n) is 4.40. The predicted molar refractivity (Wildman–Crippen MR) is 72.6 cm³/mol. The fraction of sp³-hybridized carbons (Fsp3) is 0. The molecule has 0 saturated carbocycles. The summed E-state index contributed by atoms with van der Waals surface area (Å²) >= 11 is 7.23. The maximum atomic E-state index is 11.3. The molecular formula is C10H5Br2NO3S. The van der Waals surface area contributed by atoms with E-state index in [-0.39, 0.29) is 11.0 Å². The van der Waals surface area contributed by atoms with Crippen LogP contribution < -0.4 is 5.32 Å². The lowest BCUT2D eigenvalue weighted by Crippen LogP contribution is -2.17. The summed E-state index contributed by atoms with van der Waals surface area (Å²) < 4.78 is 1.02. The molecule has 2 rings (SSSR count). The Bertz CT molecular complexity index is 533. The van der Waals surface area contributed by atoms with Crippen molar-refractivity contribution in [2.24, 2.45) is 0 Å². The number of phenolic OH excluding ortho intramolecular Hbond substituents is 1. The van der Waals surface area contributed by atoms with Crippen LogP contribution in [0.15, 0.2) is 26.0 Å². The van der Waals surface area contributed by atoms with Gasteiger partial charge in [-0.05, 0) is 67.4 Å². The third-order valence-electron chi connectivity index (χ3n) is 1.98. The van der Waals surface area contributed by atoms with Gasteiger partial charge in [-0.3, -0.25) is 14.9 Å². The number of carbonyl (C=O) groups excluding carboxylic acids is 2. The molecule has 0 aromatic heterocycles. The quantitative estimate of drug-likeness (QED) is 0.736. The Kier molecular flexibility index (Phi) is 3.60. The lowest BCUT2D eigenvalue weighted by atomic mass is 10.2. The summed E-state index contributed by atoms with van der Waals surface area (Å²) in [5.41, 5.74) is 0.703. The number of benzene rings is 1. The van der Waals surface area contributed by atoms with Crippen LogP contribution in [0.5, 0.6) is 5.75 Å². The number of thioether (sulfide) groups is 1. The second-order valence-electron chi connectivity index (χ2n) is 3.19. The van der Waals surface area contributed by atoms with Gasteiger partial charge in [0.1, 0.15) is 5.75 Å². The first-order valence-corrected chi connectivity index (χ1v) is 6.80. The lowest BCUT2D eigenvalue weighted by molar-refractivity contribution is -0.115. The molecule has 1 saturated heterocycles. The van der Waals surface area contributed by atoms with E-state index < -0.39 is 5.91 Å². The molecule has 1 aliphatic rings. The van der Waals surface area contributed by atoms with E-state index in [0.29, 0.717) is 19.4 Å². The molecule has 0 aliphatic carbocycles. The summed E-state index contributed by atoms with van der Waals surface area (Å²) in [5, 5.41) is 11.3. The number of imide groups is 1. The number of amides is 2. The number of hydrogen-bond donors (Lipinski definition) is 2. The molecule has 1 aromatic carbocycles. The van der Waals surface area contributed by atoms with Gasteiger partial charge >= 0.3 is 0 Å². The molecule has 1 aliphatic heterocycles. The molecule has 1 heterocycles. The zero-order valence-corrected chi connectivity index (χ0v) is 12.1. The zero-order chi connectivity index (χ0) is 12.6.